The molecule has 0 atom stereocenters. The number of aryl methyl sites for hydroxylation is 1. The molecule has 1 amide bonds. The number of hydrogen-bond acceptors (Lipinski definition) is 6. The van der Waals surface area contributed by atoms with Crippen molar-refractivity contribution in [2.45, 2.75) is 11.8 Å². The lowest BCUT2D eigenvalue weighted by Crippen LogP contribution is -2.17. The number of carbonyl (C=O) groups is 2. The van der Waals surface area contributed by atoms with Crippen LogP contribution in [0.1, 0.15) is 25.6 Å². The zero-order valence-corrected chi connectivity index (χ0v) is 17.3. The quantitative estimate of drug-likeness (QED) is 0.582. The van der Waals surface area contributed by atoms with E-state index in [0.29, 0.717) is 11.1 Å². The maximum atomic E-state index is 13.2. The summed E-state index contributed by atoms with van der Waals surface area (Å²) in [6.45, 7) is 1.92. The average Bonchev–Trinajstić information content (AvgIpc) is 3.14. The van der Waals surface area contributed by atoms with Gasteiger partial charge in [-0.2, -0.15) is 0 Å². The number of sulfonamides is 1. The lowest BCUT2D eigenvalue weighted by molar-refractivity contribution is 0.0602. The number of anilines is 1. The molecule has 1 aromatic heterocycles. The molecule has 3 N–H and O–H groups in total. The fourth-order valence-corrected chi connectivity index (χ4v) is 5.46. The first-order valence-corrected chi connectivity index (χ1v) is 10.8. The molecule has 0 aliphatic heterocycles. The van der Waals surface area contributed by atoms with Gasteiger partial charge >= 0.3 is 5.97 Å². The standard InChI is InChI=1S/C20H18N2O5S2/c1-12-3-5-13(6-4-12)16-11-28-17(20(24)27-2)18(16)29(25,26)22-15-9-7-14(8-10-15)19(21)23/h3-11,22H,1-2H3,(H2,21,23). The Morgan fingerprint density at radius 3 is 2.21 bits per heavy atom. The van der Waals surface area contributed by atoms with Gasteiger partial charge in [0.15, 0.2) is 0 Å². The summed E-state index contributed by atoms with van der Waals surface area (Å²) in [7, 11) is -2.94. The maximum Gasteiger partial charge on any atom is 0.349 e. The Labute approximate surface area is 172 Å². The van der Waals surface area contributed by atoms with Crippen LogP contribution < -0.4 is 10.5 Å². The number of amides is 1. The molecule has 0 spiro atoms. The van der Waals surface area contributed by atoms with Crippen molar-refractivity contribution < 1.29 is 22.7 Å². The van der Waals surface area contributed by atoms with E-state index in [1.165, 1.54) is 31.4 Å². The second kappa shape index (κ2) is 8.06. The summed E-state index contributed by atoms with van der Waals surface area (Å²) >= 11 is 0.997. The topological polar surface area (TPSA) is 116 Å². The summed E-state index contributed by atoms with van der Waals surface area (Å²) in [5.41, 5.74) is 7.76. The van der Waals surface area contributed by atoms with Gasteiger partial charge in [-0.25, -0.2) is 13.2 Å². The lowest BCUT2D eigenvalue weighted by atomic mass is 10.1. The van der Waals surface area contributed by atoms with Crippen molar-refractivity contribution in [2.24, 2.45) is 5.73 Å². The second-order valence-corrected chi connectivity index (χ2v) is 8.71. The predicted octanol–water partition coefficient (Wildman–Crippen LogP) is 3.41. The largest absolute Gasteiger partial charge is 0.465 e. The Morgan fingerprint density at radius 1 is 1.03 bits per heavy atom. The Bertz CT molecular complexity index is 1160. The third kappa shape index (κ3) is 4.30. The molecule has 0 saturated carbocycles. The SMILES string of the molecule is COC(=O)c1scc(-c2ccc(C)cc2)c1S(=O)(=O)Nc1ccc(C(N)=O)cc1. The Hall–Kier alpha value is -3.17. The fourth-order valence-electron chi connectivity index (χ4n) is 2.69. The first-order chi connectivity index (χ1) is 13.7. The number of nitrogens with one attached hydrogen (secondary N) is 1. The highest BCUT2D eigenvalue weighted by Gasteiger charge is 2.30. The molecule has 0 fully saturated rings. The molecule has 7 nitrogen and oxygen atoms in total. The van der Waals surface area contributed by atoms with Gasteiger partial charge in [-0.05, 0) is 36.8 Å². The van der Waals surface area contributed by atoms with E-state index >= 15 is 0 Å². The molecule has 0 radical (unpaired) electrons. The van der Waals surface area contributed by atoms with Crippen molar-refractivity contribution in [1.29, 1.82) is 0 Å². The monoisotopic (exact) mass is 430 g/mol. The van der Waals surface area contributed by atoms with E-state index < -0.39 is 21.9 Å². The van der Waals surface area contributed by atoms with Gasteiger partial charge in [0, 0.05) is 22.2 Å². The maximum absolute atomic E-state index is 13.2. The van der Waals surface area contributed by atoms with Crippen molar-refractivity contribution in [2.75, 3.05) is 11.8 Å². The summed E-state index contributed by atoms with van der Waals surface area (Å²) in [6, 6.07) is 13.0. The van der Waals surface area contributed by atoms with Crippen LogP contribution in [-0.4, -0.2) is 27.4 Å². The molecule has 0 bridgehead atoms. The normalized spacial score (nSPS) is 11.1. The number of ether oxygens (including phenoxy) is 1. The van der Waals surface area contributed by atoms with Crippen molar-refractivity contribution in [1.82, 2.24) is 0 Å². The minimum Gasteiger partial charge on any atom is -0.465 e. The van der Waals surface area contributed by atoms with Crippen LogP contribution in [0.15, 0.2) is 58.8 Å². The Morgan fingerprint density at radius 2 is 1.66 bits per heavy atom. The summed E-state index contributed by atoms with van der Waals surface area (Å²) < 4.78 is 33.6. The van der Waals surface area contributed by atoms with E-state index in [-0.39, 0.29) is 21.0 Å². The third-order valence-corrected chi connectivity index (χ3v) is 6.72. The number of methoxy groups -OCH3 is 1. The molecule has 1 heterocycles. The summed E-state index contributed by atoms with van der Waals surface area (Å²) in [4.78, 5) is 23.2. The number of esters is 1. The molecule has 29 heavy (non-hydrogen) atoms. The Kier molecular flexibility index (Phi) is 5.71. The van der Waals surface area contributed by atoms with E-state index in [1.807, 2.05) is 19.1 Å². The minimum absolute atomic E-state index is 0.0238. The van der Waals surface area contributed by atoms with Gasteiger partial charge in [0.2, 0.25) is 5.91 Å². The number of benzene rings is 2. The van der Waals surface area contributed by atoms with Crippen LogP contribution in [0.4, 0.5) is 5.69 Å². The first kappa shape index (κ1) is 20.6. The van der Waals surface area contributed by atoms with Gasteiger partial charge in [-0.15, -0.1) is 11.3 Å². The second-order valence-electron chi connectivity index (χ2n) is 6.21. The van der Waals surface area contributed by atoms with Crippen LogP contribution in [0.5, 0.6) is 0 Å². The van der Waals surface area contributed by atoms with E-state index in [1.54, 1.807) is 17.5 Å². The van der Waals surface area contributed by atoms with Crippen LogP contribution in [0.3, 0.4) is 0 Å². The van der Waals surface area contributed by atoms with Crippen molar-refractivity contribution in [3.8, 4) is 11.1 Å². The molecule has 0 saturated heterocycles. The number of hydrogen-bond donors (Lipinski definition) is 2. The molecular formula is C20H18N2O5S2. The summed E-state index contributed by atoms with van der Waals surface area (Å²) in [5.74, 6) is -1.36. The van der Waals surface area contributed by atoms with Gasteiger partial charge in [0.1, 0.15) is 9.77 Å². The van der Waals surface area contributed by atoms with Crippen LogP contribution >= 0.6 is 11.3 Å². The smallest absolute Gasteiger partial charge is 0.349 e. The van der Waals surface area contributed by atoms with Gasteiger partial charge in [-0.3, -0.25) is 9.52 Å². The predicted molar refractivity (Wildman–Crippen MR) is 112 cm³/mol. The van der Waals surface area contributed by atoms with Crippen molar-refractivity contribution in [3.63, 3.8) is 0 Å². The van der Waals surface area contributed by atoms with Gasteiger partial charge in [0.05, 0.1) is 7.11 Å². The van der Waals surface area contributed by atoms with E-state index in [0.717, 1.165) is 16.9 Å². The van der Waals surface area contributed by atoms with Crippen LogP contribution in [0.25, 0.3) is 11.1 Å². The van der Waals surface area contributed by atoms with E-state index in [9.17, 15) is 18.0 Å². The minimum atomic E-state index is -4.13. The summed E-state index contributed by atoms with van der Waals surface area (Å²) in [5, 5.41) is 1.61. The van der Waals surface area contributed by atoms with Crippen LogP contribution in [-0.2, 0) is 14.8 Å². The Balaban J connectivity index is 2.08. The fraction of sp³-hybridized carbons (Fsp3) is 0.100. The number of carbonyl (C=O) groups excluding carboxylic acids is 2. The van der Waals surface area contributed by atoms with E-state index in [2.05, 4.69) is 4.72 Å². The highest BCUT2D eigenvalue weighted by molar-refractivity contribution is 7.93. The molecule has 0 aliphatic rings. The zero-order valence-electron chi connectivity index (χ0n) is 15.6. The van der Waals surface area contributed by atoms with E-state index in [4.69, 9.17) is 10.5 Å². The molecule has 9 heteroatoms. The molecule has 150 valence electrons. The number of thiophene rings is 1. The van der Waals surface area contributed by atoms with Crippen molar-refractivity contribution >= 4 is 38.9 Å². The molecule has 3 rings (SSSR count). The molecule has 3 aromatic rings. The third-order valence-electron chi connectivity index (χ3n) is 4.17. The number of primary amides is 1. The number of nitrogens with two attached hydrogens (primary N) is 1. The first-order valence-electron chi connectivity index (χ1n) is 8.42. The summed E-state index contributed by atoms with van der Waals surface area (Å²) in [6.07, 6.45) is 0. The molecular weight excluding hydrogens is 412 g/mol. The molecule has 0 aliphatic carbocycles. The average molecular weight is 431 g/mol. The van der Waals surface area contributed by atoms with Crippen molar-refractivity contribution in [3.05, 3.63) is 69.9 Å². The molecule has 2 aromatic carbocycles. The van der Waals surface area contributed by atoms with Crippen LogP contribution in [0.2, 0.25) is 0 Å². The lowest BCUT2D eigenvalue weighted by Gasteiger charge is -2.11. The van der Waals surface area contributed by atoms with Gasteiger partial charge in [0.25, 0.3) is 10.0 Å². The van der Waals surface area contributed by atoms with Gasteiger partial charge < -0.3 is 10.5 Å². The zero-order chi connectivity index (χ0) is 21.2. The van der Waals surface area contributed by atoms with Crippen LogP contribution in [0, 0.1) is 6.92 Å². The molecule has 0 unspecified atom stereocenters. The highest BCUT2D eigenvalue weighted by Crippen LogP contribution is 2.36. The van der Waals surface area contributed by atoms with Gasteiger partial charge in [-0.1, -0.05) is 29.8 Å². The highest BCUT2D eigenvalue weighted by atomic mass is 32.2. The number of rotatable bonds is 6.